The Morgan fingerprint density at radius 2 is 1.97 bits per heavy atom. The minimum absolute atomic E-state index is 0.132. The second kappa shape index (κ2) is 10.3. The Morgan fingerprint density at radius 3 is 2.55 bits per heavy atom. The van der Waals surface area contributed by atoms with Crippen molar-refractivity contribution < 1.29 is 23.9 Å². The Balaban J connectivity index is 2.25. The van der Waals surface area contributed by atoms with Crippen LogP contribution < -0.4 is 0 Å². The van der Waals surface area contributed by atoms with E-state index in [4.69, 9.17) is 9.47 Å². The van der Waals surface area contributed by atoms with Gasteiger partial charge in [-0.2, -0.15) is 0 Å². The van der Waals surface area contributed by atoms with E-state index in [1.54, 1.807) is 6.08 Å². The number of rotatable bonds is 8. The predicted molar refractivity (Wildman–Crippen MR) is 118 cm³/mol. The molecule has 1 aromatic carbocycles. The van der Waals surface area contributed by atoms with Crippen LogP contribution in [0.25, 0.3) is 0 Å². The third-order valence-electron chi connectivity index (χ3n) is 4.20. The maximum Gasteiger partial charge on any atom is 0.335 e. The maximum absolute atomic E-state index is 13.1. The minimum atomic E-state index is -0.962. The molecule has 1 heterocycles. The lowest BCUT2D eigenvalue weighted by Crippen LogP contribution is -2.44. The van der Waals surface area contributed by atoms with Gasteiger partial charge in [0, 0.05) is 23.7 Å². The van der Waals surface area contributed by atoms with Crippen LogP contribution in [0.3, 0.4) is 0 Å². The molecule has 2 atom stereocenters. The van der Waals surface area contributed by atoms with E-state index in [2.05, 4.69) is 0 Å². The number of thioether (sulfide) groups is 2. The minimum Gasteiger partial charge on any atom is -0.459 e. The van der Waals surface area contributed by atoms with Gasteiger partial charge in [0.05, 0.1) is 0 Å². The molecule has 0 unspecified atom stereocenters. The summed E-state index contributed by atoms with van der Waals surface area (Å²) in [5.74, 6) is -0.219. The summed E-state index contributed by atoms with van der Waals surface area (Å²) in [4.78, 5) is 37.0. The highest BCUT2D eigenvalue weighted by molar-refractivity contribution is 8.19. The van der Waals surface area contributed by atoms with Crippen molar-refractivity contribution in [2.75, 3.05) is 11.5 Å². The molecule has 0 amide bonds. The fourth-order valence-electron chi connectivity index (χ4n) is 2.95. The molecule has 1 aliphatic rings. The van der Waals surface area contributed by atoms with Crippen molar-refractivity contribution in [3.05, 3.63) is 47.5 Å². The van der Waals surface area contributed by atoms with Gasteiger partial charge in [-0.1, -0.05) is 43.3 Å². The van der Waals surface area contributed by atoms with E-state index >= 15 is 0 Å². The van der Waals surface area contributed by atoms with Gasteiger partial charge in [-0.05, 0) is 32.1 Å². The molecule has 0 aromatic heterocycles. The van der Waals surface area contributed by atoms with Gasteiger partial charge >= 0.3 is 11.9 Å². The molecule has 1 aliphatic heterocycles. The van der Waals surface area contributed by atoms with Gasteiger partial charge in [0.2, 0.25) is 0 Å². The molecule has 0 fully saturated rings. The number of benzene rings is 1. The molecule has 2 rings (SSSR count). The molecule has 0 N–H and O–H groups in total. The zero-order valence-electron chi connectivity index (χ0n) is 17.3. The molecule has 0 bridgehead atoms. The van der Waals surface area contributed by atoms with Crippen molar-refractivity contribution in [3.8, 4) is 0 Å². The Morgan fingerprint density at radius 1 is 1.28 bits per heavy atom. The number of hydrogen-bond donors (Lipinski definition) is 0. The van der Waals surface area contributed by atoms with E-state index in [1.807, 2.05) is 58.0 Å². The number of carbonyl (C=O) groups excluding carboxylic acids is 3. The molecule has 0 aliphatic carbocycles. The van der Waals surface area contributed by atoms with Crippen LogP contribution in [0.4, 0.5) is 0 Å². The molecule has 29 heavy (non-hydrogen) atoms. The number of allylic oxidation sites excluding steroid dienone is 1. The first-order valence-electron chi connectivity index (χ1n) is 9.58. The molecular formula is C22H28O5S2. The van der Waals surface area contributed by atoms with Crippen molar-refractivity contribution >= 4 is 41.7 Å². The van der Waals surface area contributed by atoms with Gasteiger partial charge in [0.15, 0.2) is 4.08 Å². The second-order valence-electron chi connectivity index (χ2n) is 7.65. The van der Waals surface area contributed by atoms with Crippen molar-refractivity contribution in [1.82, 2.24) is 0 Å². The van der Waals surface area contributed by atoms with Crippen molar-refractivity contribution in [1.29, 1.82) is 0 Å². The summed E-state index contributed by atoms with van der Waals surface area (Å²) in [5, 5.41) is 0. The van der Waals surface area contributed by atoms with Crippen molar-refractivity contribution in [2.24, 2.45) is 5.92 Å². The lowest BCUT2D eigenvalue weighted by Gasteiger charge is -2.38. The van der Waals surface area contributed by atoms with E-state index in [9.17, 15) is 14.4 Å². The third kappa shape index (κ3) is 6.37. The highest BCUT2D eigenvalue weighted by Crippen LogP contribution is 2.50. The van der Waals surface area contributed by atoms with Crippen LogP contribution in [-0.4, -0.2) is 39.4 Å². The second-order valence-corrected chi connectivity index (χ2v) is 10.6. The van der Waals surface area contributed by atoms with Crippen LogP contribution in [0.2, 0.25) is 0 Å². The summed E-state index contributed by atoms with van der Waals surface area (Å²) in [5.41, 5.74) is 0.777. The van der Waals surface area contributed by atoms with Gasteiger partial charge < -0.3 is 14.3 Å². The monoisotopic (exact) mass is 436 g/mol. The first kappa shape index (κ1) is 23.5. The smallest absolute Gasteiger partial charge is 0.335 e. The molecule has 0 spiro atoms. The molecule has 1 aromatic rings. The normalized spacial score (nSPS) is 21.8. The first-order valence-corrected chi connectivity index (χ1v) is 11.6. The first-order chi connectivity index (χ1) is 13.7. The van der Waals surface area contributed by atoms with Crippen LogP contribution in [0, 0.1) is 5.92 Å². The van der Waals surface area contributed by atoms with E-state index in [1.165, 1.54) is 23.5 Å². The highest BCUT2D eigenvalue weighted by atomic mass is 32.2. The van der Waals surface area contributed by atoms with E-state index in [-0.39, 0.29) is 19.0 Å². The summed E-state index contributed by atoms with van der Waals surface area (Å²) in [6.07, 6.45) is 2.65. The van der Waals surface area contributed by atoms with Crippen LogP contribution in [0.15, 0.2) is 42.0 Å². The van der Waals surface area contributed by atoms with Crippen molar-refractivity contribution in [2.45, 2.75) is 50.4 Å². The Bertz CT molecular complexity index is 754. The van der Waals surface area contributed by atoms with Crippen LogP contribution in [0.5, 0.6) is 0 Å². The summed E-state index contributed by atoms with van der Waals surface area (Å²) < 4.78 is 10.1. The summed E-state index contributed by atoms with van der Waals surface area (Å²) in [6, 6.07) is 9.47. The largest absolute Gasteiger partial charge is 0.459 e. The Labute approximate surface area is 181 Å². The van der Waals surface area contributed by atoms with Crippen LogP contribution in [-0.2, 0) is 30.5 Å². The predicted octanol–water partition coefficient (Wildman–Crippen LogP) is 4.40. The van der Waals surface area contributed by atoms with E-state index in [0.29, 0.717) is 17.1 Å². The van der Waals surface area contributed by atoms with Gasteiger partial charge in [0.1, 0.15) is 18.5 Å². The summed E-state index contributed by atoms with van der Waals surface area (Å²) in [6.45, 7) is 7.55. The van der Waals surface area contributed by atoms with Gasteiger partial charge in [-0.3, -0.25) is 0 Å². The third-order valence-corrected chi connectivity index (χ3v) is 7.45. The lowest BCUT2D eigenvalue weighted by molar-refractivity contribution is -0.150. The van der Waals surface area contributed by atoms with Gasteiger partial charge in [0.25, 0.3) is 0 Å². The quantitative estimate of drug-likeness (QED) is 0.442. The fraction of sp³-hybridized carbons (Fsp3) is 0.500. The number of ether oxygens (including phenoxy) is 2. The van der Waals surface area contributed by atoms with Crippen molar-refractivity contribution in [3.63, 3.8) is 0 Å². The SMILES string of the molecule is CCS[C@]1(C(=O)OCc2ccccc2)SCC(C(=O)OC(C)(C)C)=C[C@H]1CC=O. The topological polar surface area (TPSA) is 69.7 Å². The van der Waals surface area contributed by atoms with Gasteiger partial charge in [-0.15, -0.1) is 23.5 Å². The number of carbonyl (C=O) groups is 3. The number of hydrogen-bond acceptors (Lipinski definition) is 7. The molecule has 0 saturated heterocycles. The van der Waals surface area contributed by atoms with Gasteiger partial charge in [-0.25, -0.2) is 9.59 Å². The molecule has 0 saturated carbocycles. The molecule has 0 radical (unpaired) electrons. The molecule has 5 nitrogen and oxygen atoms in total. The van der Waals surface area contributed by atoms with E-state index < -0.39 is 21.6 Å². The highest BCUT2D eigenvalue weighted by Gasteiger charge is 2.50. The summed E-state index contributed by atoms with van der Waals surface area (Å²) in [7, 11) is 0. The summed E-state index contributed by atoms with van der Waals surface area (Å²) >= 11 is 2.80. The average molecular weight is 437 g/mol. The average Bonchev–Trinajstić information content (AvgIpc) is 2.67. The van der Waals surface area contributed by atoms with Crippen LogP contribution >= 0.6 is 23.5 Å². The van der Waals surface area contributed by atoms with E-state index in [0.717, 1.165) is 11.8 Å². The fourth-order valence-corrected chi connectivity index (χ4v) is 5.93. The Kier molecular flexibility index (Phi) is 8.40. The molecule has 7 heteroatoms. The van der Waals surface area contributed by atoms with Crippen LogP contribution in [0.1, 0.15) is 39.7 Å². The number of aldehydes is 1. The zero-order valence-corrected chi connectivity index (χ0v) is 18.9. The lowest BCUT2D eigenvalue weighted by atomic mass is 9.97. The number of esters is 2. The zero-order chi connectivity index (χ0) is 21.5. The molecular weight excluding hydrogens is 408 g/mol. The maximum atomic E-state index is 13.1. The standard InChI is InChI=1S/C22H28O5S2/c1-5-28-22(20(25)26-14-16-9-7-6-8-10-16)18(11-12-23)13-17(15-29-22)19(24)27-21(2,3)4/h6-10,12-13,18H,5,11,14-15H2,1-4H3/t18-,22+/m1/s1. The molecule has 158 valence electrons. The Hall–Kier alpha value is -1.73.